The summed E-state index contributed by atoms with van der Waals surface area (Å²) >= 11 is 0. The van der Waals surface area contributed by atoms with Gasteiger partial charge in [0.2, 0.25) is 5.91 Å². The molecule has 5 N–H and O–H groups in total. The second-order valence-corrected chi connectivity index (χ2v) is 6.99. The summed E-state index contributed by atoms with van der Waals surface area (Å²) in [5.41, 5.74) is 5.22. The van der Waals surface area contributed by atoms with E-state index in [1.165, 1.54) is 0 Å². The van der Waals surface area contributed by atoms with Crippen LogP contribution in [0.25, 0.3) is 0 Å². The van der Waals surface area contributed by atoms with E-state index in [9.17, 15) is 9.59 Å². The average Bonchev–Trinajstić information content (AvgIpc) is 2.77. The molecule has 7 nitrogen and oxygen atoms in total. The number of carbonyl (C=O) groups excluding carboxylic acids is 2. The number of amides is 3. The van der Waals surface area contributed by atoms with E-state index in [0.717, 1.165) is 31.5 Å². The number of hydrogen-bond acceptors (Lipinski definition) is 3. The molecule has 0 spiro atoms. The first-order valence-corrected chi connectivity index (χ1v) is 10.5. The van der Waals surface area contributed by atoms with Crippen molar-refractivity contribution >= 4 is 23.3 Å². The maximum absolute atomic E-state index is 13.0. The molecule has 0 heterocycles. The Morgan fingerprint density at radius 3 is 2.43 bits per heavy atom. The lowest BCUT2D eigenvalue weighted by atomic mass is 10.2. The molecular formula is C23H33N4O3+. The van der Waals surface area contributed by atoms with Crippen LogP contribution < -0.4 is 26.0 Å². The molecule has 162 valence electrons. The van der Waals surface area contributed by atoms with Crippen molar-refractivity contribution in [3.05, 3.63) is 54.6 Å². The molecule has 0 bridgehead atoms. The van der Waals surface area contributed by atoms with Gasteiger partial charge in [-0.25, -0.2) is 4.79 Å². The minimum absolute atomic E-state index is 0.0591. The molecule has 0 unspecified atom stereocenters. The van der Waals surface area contributed by atoms with Gasteiger partial charge in [0, 0.05) is 25.2 Å². The van der Waals surface area contributed by atoms with Gasteiger partial charge in [-0.15, -0.1) is 0 Å². The summed E-state index contributed by atoms with van der Waals surface area (Å²) in [4.78, 5) is 26.6. The highest BCUT2D eigenvalue weighted by molar-refractivity contribution is 6.02. The summed E-state index contributed by atoms with van der Waals surface area (Å²) in [7, 11) is 1.57. The van der Waals surface area contributed by atoms with Crippen molar-refractivity contribution in [1.29, 1.82) is 0 Å². The number of unbranched alkanes of at least 4 members (excludes halogenated alkanes) is 2. The van der Waals surface area contributed by atoms with Gasteiger partial charge in [0.1, 0.15) is 5.75 Å². The number of benzene rings is 2. The fraction of sp³-hybridized carbons (Fsp3) is 0.391. The highest BCUT2D eigenvalue weighted by Crippen LogP contribution is 2.24. The number of hydrogen-bond donors (Lipinski definition) is 3. The molecule has 0 atom stereocenters. The molecule has 3 amide bonds. The van der Waals surface area contributed by atoms with Gasteiger partial charge < -0.3 is 21.1 Å². The number of rotatable bonds is 12. The van der Waals surface area contributed by atoms with E-state index in [-0.39, 0.29) is 11.9 Å². The van der Waals surface area contributed by atoms with Gasteiger partial charge in [-0.3, -0.25) is 9.69 Å². The minimum Gasteiger partial charge on any atom is -0.495 e. The molecule has 0 aliphatic rings. The van der Waals surface area contributed by atoms with Crippen molar-refractivity contribution in [3.63, 3.8) is 0 Å². The monoisotopic (exact) mass is 413 g/mol. The van der Waals surface area contributed by atoms with Gasteiger partial charge in [0.15, 0.2) is 0 Å². The van der Waals surface area contributed by atoms with Crippen LogP contribution in [0, 0.1) is 0 Å². The lowest BCUT2D eigenvalue weighted by molar-refractivity contribution is -0.368. The minimum atomic E-state index is -0.245. The Balaban J connectivity index is 1.91. The van der Waals surface area contributed by atoms with Crippen LogP contribution in [0.4, 0.5) is 16.2 Å². The first kappa shape index (κ1) is 23.2. The van der Waals surface area contributed by atoms with Crippen molar-refractivity contribution in [2.75, 3.05) is 37.0 Å². The molecule has 2 aromatic rings. The lowest BCUT2D eigenvalue weighted by Crippen LogP contribution is -2.50. The van der Waals surface area contributed by atoms with Gasteiger partial charge in [0.25, 0.3) is 0 Å². The third kappa shape index (κ3) is 7.75. The number of ether oxygens (including phenoxy) is 1. The van der Waals surface area contributed by atoms with Crippen molar-refractivity contribution < 1.29 is 20.1 Å². The normalized spacial score (nSPS) is 10.3. The average molecular weight is 414 g/mol. The van der Waals surface area contributed by atoms with Crippen LogP contribution in [-0.4, -0.2) is 38.7 Å². The van der Waals surface area contributed by atoms with Crippen molar-refractivity contribution in [2.45, 2.75) is 32.1 Å². The summed E-state index contributed by atoms with van der Waals surface area (Å²) in [6.45, 7) is 1.92. The van der Waals surface area contributed by atoms with E-state index in [4.69, 9.17) is 4.74 Å². The lowest BCUT2D eigenvalue weighted by Gasteiger charge is -2.24. The molecule has 0 radical (unpaired) electrons. The maximum atomic E-state index is 13.0. The van der Waals surface area contributed by atoms with E-state index in [2.05, 4.69) is 16.4 Å². The Morgan fingerprint density at radius 1 is 0.967 bits per heavy atom. The Labute approximate surface area is 178 Å². The van der Waals surface area contributed by atoms with E-state index in [0.29, 0.717) is 37.4 Å². The molecule has 30 heavy (non-hydrogen) atoms. The van der Waals surface area contributed by atoms with Crippen LogP contribution in [-0.2, 0) is 4.79 Å². The van der Waals surface area contributed by atoms with Gasteiger partial charge in [-0.1, -0.05) is 30.3 Å². The molecule has 0 aromatic heterocycles. The van der Waals surface area contributed by atoms with Gasteiger partial charge >= 0.3 is 6.03 Å². The Hall–Kier alpha value is -3.06. The highest BCUT2D eigenvalue weighted by atomic mass is 16.5. The fourth-order valence-corrected chi connectivity index (χ4v) is 3.08. The van der Waals surface area contributed by atoms with Crippen molar-refractivity contribution in [3.8, 4) is 5.75 Å². The van der Waals surface area contributed by atoms with Crippen molar-refractivity contribution in [2.24, 2.45) is 0 Å². The summed E-state index contributed by atoms with van der Waals surface area (Å²) in [6.07, 6.45) is 4.16. The standard InChI is InChI=1S/C23H32N4O3/c1-30-21-14-8-7-13-20(21)26-23(29)27(19-11-4-2-5-12-19)18-10-17-25-22(28)15-6-3-9-16-24/h2,4-5,7-8,11-14H,3,6,9-10,15-18,24H2,1H3,(H,25,28)(H,26,29)/p+1. The van der Waals surface area contributed by atoms with Crippen LogP contribution >= 0.6 is 0 Å². The number of methoxy groups -OCH3 is 1. The third-order valence-corrected chi connectivity index (χ3v) is 4.70. The molecule has 0 saturated carbocycles. The number of carbonyl (C=O) groups is 2. The zero-order valence-corrected chi connectivity index (χ0v) is 17.7. The summed E-state index contributed by atoms with van der Waals surface area (Å²) < 4.78 is 5.32. The van der Waals surface area contributed by atoms with Gasteiger partial charge in [-0.2, -0.15) is 0 Å². The van der Waals surface area contributed by atoms with Crippen molar-refractivity contribution in [1.82, 2.24) is 5.32 Å². The topological polar surface area (TPSA) is 98.3 Å². The summed E-state index contributed by atoms with van der Waals surface area (Å²) in [6, 6.07) is 16.5. The molecule has 2 rings (SSSR count). The molecule has 0 saturated heterocycles. The molecule has 0 aliphatic carbocycles. The quantitative estimate of drug-likeness (QED) is 0.467. The van der Waals surface area contributed by atoms with Crippen LogP contribution in [0.15, 0.2) is 54.6 Å². The second-order valence-electron chi connectivity index (χ2n) is 6.99. The molecule has 2 aromatic carbocycles. The van der Waals surface area contributed by atoms with Gasteiger partial charge in [-0.05, 0) is 49.9 Å². The number of quaternary nitrogens is 1. The van der Waals surface area contributed by atoms with E-state index < -0.39 is 0 Å². The van der Waals surface area contributed by atoms with Crippen LogP contribution in [0.5, 0.6) is 5.75 Å². The van der Waals surface area contributed by atoms with E-state index in [1.807, 2.05) is 42.5 Å². The molecular weight excluding hydrogens is 380 g/mol. The smallest absolute Gasteiger partial charge is 0.326 e. The molecule has 0 fully saturated rings. The number of urea groups is 1. The Morgan fingerprint density at radius 2 is 1.70 bits per heavy atom. The summed E-state index contributed by atoms with van der Waals surface area (Å²) in [5, 5.41) is 5.86. The first-order chi connectivity index (χ1) is 14.7. The fourth-order valence-electron chi connectivity index (χ4n) is 3.08. The van der Waals surface area contributed by atoms with Gasteiger partial charge in [0.05, 0.1) is 19.3 Å². The number of nitrogens with zero attached hydrogens (tertiary/aromatic N) is 1. The predicted octanol–water partition coefficient (Wildman–Crippen LogP) is 3.04. The number of nitrogens with one attached hydrogen (secondary N) is 2. The summed E-state index contributed by atoms with van der Waals surface area (Å²) in [5.74, 6) is 0.661. The maximum Gasteiger partial charge on any atom is 0.326 e. The van der Waals surface area contributed by atoms with Crippen LogP contribution in [0.2, 0.25) is 0 Å². The Kier molecular flexibility index (Phi) is 10.2. The zero-order valence-electron chi connectivity index (χ0n) is 17.7. The first-order valence-electron chi connectivity index (χ1n) is 10.5. The number of anilines is 2. The number of para-hydroxylation sites is 3. The van der Waals surface area contributed by atoms with Crippen LogP contribution in [0.3, 0.4) is 0 Å². The highest BCUT2D eigenvalue weighted by Gasteiger charge is 2.17. The largest absolute Gasteiger partial charge is 0.495 e. The predicted molar refractivity (Wildman–Crippen MR) is 120 cm³/mol. The third-order valence-electron chi connectivity index (χ3n) is 4.70. The Bertz CT molecular complexity index is 783. The molecule has 7 heteroatoms. The van der Waals surface area contributed by atoms with E-state index in [1.54, 1.807) is 24.1 Å². The SMILES string of the molecule is COc1ccccc1NC(=O)N(CCCNC(=O)CCCCC[NH3+])c1ccccc1. The molecule has 0 aliphatic heterocycles. The zero-order chi connectivity index (χ0) is 21.6. The van der Waals surface area contributed by atoms with E-state index >= 15 is 0 Å². The second kappa shape index (κ2) is 13.2. The van der Waals surface area contributed by atoms with Crippen LogP contribution in [0.1, 0.15) is 32.1 Å².